The largest absolute Gasteiger partial charge is 0.490 e. The molecule has 0 radical (unpaired) electrons. The van der Waals surface area contributed by atoms with Gasteiger partial charge in [0, 0.05) is 36.2 Å². The second-order valence-corrected chi connectivity index (χ2v) is 17.6. The molecular weight excluding hydrogens is 722 g/mol. The summed E-state index contributed by atoms with van der Waals surface area (Å²) >= 11 is 6.46. The van der Waals surface area contributed by atoms with Crippen molar-refractivity contribution in [3.05, 3.63) is 119 Å². The summed E-state index contributed by atoms with van der Waals surface area (Å²) < 4.78 is 39.1. The topological polar surface area (TPSA) is 107 Å². The minimum atomic E-state index is -3.60. The predicted octanol–water partition coefficient (Wildman–Crippen LogP) is 9.26. The number of nitrogens with zero attached hydrogens (tertiary/aromatic N) is 2. The number of benzene rings is 3. The fourth-order valence-corrected chi connectivity index (χ4v) is 10.4. The molecule has 3 aliphatic rings. The summed E-state index contributed by atoms with van der Waals surface area (Å²) in [5, 5.41) is 0.726. The fraction of sp³-hybridized carbons (Fsp3) is 0.442. The number of rotatable bonds is 13. The van der Waals surface area contributed by atoms with Crippen molar-refractivity contribution in [1.82, 2.24) is 4.72 Å². The third-order valence-electron chi connectivity index (χ3n) is 11.2. The highest BCUT2D eigenvalue weighted by molar-refractivity contribution is 7.92. The van der Waals surface area contributed by atoms with Crippen molar-refractivity contribution < 1.29 is 28.0 Å². The lowest BCUT2D eigenvalue weighted by atomic mass is 9.68. The maximum absolute atomic E-state index is 14.4. The molecule has 288 valence electrons. The molecule has 1 N–H and O–H groups in total. The summed E-state index contributed by atoms with van der Waals surface area (Å²) in [6.45, 7) is 13.3. The zero-order chi connectivity index (χ0) is 38.5. The van der Waals surface area contributed by atoms with Crippen molar-refractivity contribution in [2.75, 3.05) is 37.5 Å². The molecule has 2 amide bonds. The number of anilines is 1. The van der Waals surface area contributed by atoms with E-state index < -0.39 is 28.0 Å². The molecule has 1 saturated carbocycles. The minimum absolute atomic E-state index is 0.0452. The predicted molar refractivity (Wildman–Crippen MR) is 216 cm³/mol. The number of halogens is 1. The molecule has 1 aliphatic heterocycles. The number of carbonyl (C=O) groups excluding carboxylic acids is 2. The van der Waals surface area contributed by atoms with Gasteiger partial charge in [0.25, 0.3) is 5.91 Å². The van der Waals surface area contributed by atoms with E-state index in [0.717, 1.165) is 54.9 Å². The first kappa shape index (κ1) is 39.6. The number of amides is 2. The second-order valence-electron chi connectivity index (χ2n) is 15.1. The monoisotopic (exact) mass is 773 g/mol. The summed E-state index contributed by atoms with van der Waals surface area (Å²) in [7, 11) is -1.87. The molecule has 1 heterocycles. The molecule has 54 heavy (non-hydrogen) atoms. The Hall–Kier alpha value is -4.12. The van der Waals surface area contributed by atoms with Crippen molar-refractivity contribution in [1.29, 1.82) is 0 Å². The van der Waals surface area contributed by atoms with Crippen LogP contribution in [0.15, 0.2) is 96.4 Å². The van der Waals surface area contributed by atoms with Crippen molar-refractivity contribution in [3.8, 4) is 5.75 Å². The zero-order valence-corrected chi connectivity index (χ0v) is 33.1. The summed E-state index contributed by atoms with van der Waals surface area (Å²) in [4.78, 5) is 29.5. The van der Waals surface area contributed by atoms with Crippen LogP contribution in [0, 0.1) is 17.8 Å². The van der Waals surface area contributed by atoms with Crippen LogP contribution in [0.25, 0.3) is 0 Å². The van der Waals surface area contributed by atoms with Crippen molar-refractivity contribution in [2.24, 2.45) is 22.1 Å². The highest BCUT2D eigenvalue weighted by atomic mass is 35.5. The van der Waals surface area contributed by atoms with Crippen LogP contribution in [0.1, 0.15) is 79.1 Å². The molecule has 1 spiro atoms. The van der Waals surface area contributed by atoms with E-state index in [1.165, 1.54) is 11.1 Å². The normalized spacial score (nSPS) is 23.1. The first-order valence-electron chi connectivity index (χ1n) is 18.9. The van der Waals surface area contributed by atoms with E-state index in [2.05, 4.69) is 39.3 Å². The summed E-state index contributed by atoms with van der Waals surface area (Å²) in [5.74, 6) is 0.399. The van der Waals surface area contributed by atoms with E-state index >= 15 is 0 Å². The van der Waals surface area contributed by atoms with Gasteiger partial charge < -0.3 is 19.1 Å². The molecule has 3 aromatic rings. The van der Waals surface area contributed by atoms with Gasteiger partial charge >= 0.3 is 6.09 Å². The van der Waals surface area contributed by atoms with Gasteiger partial charge in [-0.15, -0.1) is 17.5 Å². The molecule has 0 saturated heterocycles. The SMILES string of the molecule is C=CC[C@H](C)C[S@@](=O)(=NC(=O)c1ccc2c(c1)N(C[C@@H]1CC[C@H]1[C@H](C=C)OC)C[C@@]1(CCCc3cc(Cl)ccc31)CO2)NC(=O)O[C@@H](C)c1ccccc1. The highest BCUT2D eigenvalue weighted by Gasteiger charge is 2.44. The number of fused-ring (bicyclic) bond motifs is 3. The van der Waals surface area contributed by atoms with Gasteiger partial charge in [-0.25, -0.2) is 13.7 Å². The highest BCUT2D eigenvalue weighted by Crippen LogP contribution is 2.47. The summed E-state index contributed by atoms with van der Waals surface area (Å²) in [6, 6.07) is 20.7. The van der Waals surface area contributed by atoms with Crippen LogP contribution >= 0.6 is 11.6 Å². The quantitative estimate of drug-likeness (QED) is 0.173. The molecule has 11 heteroatoms. The average Bonchev–Trinajstić information content (AvgIpc) is 3.28. The summed E-state index contributed by atoms with van der Waals surface area (Å²) in [6.07, 6.45) is 7.58. The number of allylic oxidation sites excluding steroid dienone is 1. The molecule has 9 nitrogen and oxygen atoms in total. The van der Waals surface area contributed by atoms with Crippen LogP contribution in [0.3, 0.4) is 0 Å². The second kappa shape index (κ2) is 17.1. The van der Waals surface area contributed by atoms with Crippen molar-refractivity contribution >= 4 is 39.2 Å². The van der Waals surface area contributed by atoms with Gasteiger partial charge in [0.1, 0.15) is 21.8 Å². The Morgan fingerprint density at radius 1 is 1.13 bits per heavy atom. The van der Waals surface area contributed by atoms with Gasteiger partial charge in [-0.05, 0) is 110 Å². The number of hydrogen-bond acceptors (Lipinski definition) is 7. The number of aryl methyl sites for hydroxylation is 1. The third-order valence-corrected chi connectivity index (χ3v) is 13.4. The van der Waals surface area contributed by atoms with Gasteiger partial charge in [-0.2, -0.15) is 0 Å². The lowest BCUT2D eigenvalue weighted by Gasteiger charge is -2.46. The molecule has 7 atom stereocenters. The van der Waals surface area contributed by atoms with Crippen LogP contribution in [0.2, 0.25) is 5.02 Å². The minimum Gasteiger partial charge on any atom is -0.490 e. The lowest BCUT2D eigenvalue weighted by molar-refractivity contribution is 0.0135. The fourth-order valence-electron chi connectivity index (χ4n) is 8.36. The van der Waals surface area contributed by atoms with Crippen LogP contribution < -0.4 is 14.4 Å². The number of ether oxygens (including phenoxy) is 3. The first-order valence-corrected chi connectivity index (χ1v) is 20.9. The molecule has 0 unspecified atom stereocenters. The third kappa shape index (κ3) is 8.88. The van der Waals surface area contributed by atoms with Gasteiger partial charge in [-0.1, -0.05) is 67.1 Å². The Morgan fingerprint density at radius 3 is 2.63 bits per heavy atom. The van der Waals surface area contributed by atoms with Crippen LogP contribution in [0.4, 0.5) is 10.5 Å². The van der Waals surface area contributed by atoms with E-state index in [1.54, 1.807) is 38.3 Å². The van der Waals surface area contributed by atoms with Crippen molar-refractivity contribution in [2.45, 2.75) is 70.0 Å². The Labute approximate surface area is 325 Å². The molecule has 6 rings (SSSR count). The van der Waals surface area contributed by atoms with E-state index in [-0.39, 0.29) is 28.8 Å². The first-order chi connectivity index (χ1) is 26.0. The Kier molecular flexibility index (Phi) is 12.6. The molecule has 1 fully saturated rings. The maximum Gasteiger partial charge on any atom is 0.420 e. The number of carbonyl (C=O) groups is 2. The van der Waals surface area contributed by atoms with Crippen molar-refractivity contribution in [3.63, 3.8) is 0 Å². The number of nitrogens with one attached hydrogen (secondary N) is 1. The van der Waals surface area contributed by atoms with E-state index in [0.29, 0.717) is 37.2 Å². The molecular formula is C43H52ClN3O6S. The standard InChI is InChI=1S/C43H52ClN3O6S/c1-6-12-29(3)26-54(50,46-42(49)53-30(4)31-13-9-8-10-14-31)45-41(48)33-17-21-40-38(24-33)47(25-34-16-19-36(34)39(7-2)51-5)27-43(28-52-40)22-11-15-32-23-35(44)18-20-37(32)43/h6-10,13-14,17-18,20-21,23-24,29-30,34,36,39H,1-2,11-12,15-16,19,22,25-28H2,3-5H3,(H,45,46,48,49,50)/t29-,30-,34-,36+,39-,43-,54+/m0/s1. The average molecular weight is 774 g/mol. The van der Waals surface area contributed by atoms with Gasteiger partial charge in [-0.3, -0.25) is 4.79 Å². The summed E-state index contributed by atoms with van der Waals surface area (Å²) in [5.41, 5.74) is 4.01. The van der Waals surface area contributed by atoms with Crippen LogP contribution in [-0.2, 0) is 31.2 Å². The van der Waals surface area contributed by atoms with E-state index in [1.807, 2.05) is 49.4 Å². The van der Waals surface area contributed by atoms with Gasteiger partial charge in [0.15, 0.2) is 0 Å². The number of methoxy groups -OCH3 is 1. The van der Waals surface area contributed by atoms with Gasteiger partial charge in [0.05, 0.1) is 24.2 Å². The zero-order valence-electron chi connectivity index (χ0n) is 31.5. The molecule has 0 bridgehead atoms. The smallest absolute Gasteiger partial charge is 0.420 e. The van der Waals surface area contributed by atoms with E-state index in [4.69, 9.17) is 25.8 Å². The molecule has 0 aromatic heterocycles. The lowest BCUT2D eigenvalue weighted by Crippen LogP contribution is -2.49. The molecule has 2 aliphatic carbocycles. The Balaban J connectivity index is 1.33. The Bertz CT molecular complexity index is 1980. The van der Waals surface area contributed by atoms with E-state index in [9.17, 15) is 13.8 Å². The van der Waals surface area contributed by atoms with Gasteiger partial charge in [0.2, 0.25) is 0 Å². The Morgan fingerprint density at radius 2 is 1.93 bits per heavy atom. The molecule has 3 aromatic carbocycles. The number of hydrogen-bond donors (Lipinski definition) is 1. The van der Waals surface area contributed by atoms with Crippen LogP contribution in [0.5, 0.6) is 5.75 Å². The van der Waals surface area contributed by atoms with Crippen LogP contribution in [-0.4, -0.2) is 54.9 Å². The maximum atomic E-state index is 14.4.